The predicted molar refractivity (Wildman–Crippen MR) is 123 cm³/mol. The molecule has 0 radical (unpaired) electrons. The quantitative estimate of drug-likeness (QED) is 0.201. The second-order valence-electron chi connectivity index (χ2n) is 7.46. The van der Waals surface area contributed by atoms with Crippen molar-refractivity contribution in [3.63, 3.8) is 0 Å². The fourth-order valence-corrected chi connectivity index (χ4v) is 3.08. The van der Waals surface area contributed by atoms with E-state index in [-0.39, 0.29) is 5.97 Å². The molecule has 29 heavy (non-hydrogen) atoms. The van der Waals surface area contributed by atoms with Gasteiger partial charge in [0.25, 0.3) is 0 Å². The Bertz CT molecular complexity index is 807. The number of unbranched alkanes of at least 4 members (excludes halogenated alkanes) is 1. The standard InChI is InChI=1S/C26H36O3/c1-9-10-16-29-25(27)17-19(3)13-11-12-18(2)14-15-24-20(4)22(6)26(28-8)23(7)21(24)5/h11-15,17H,9-10,16H2,1-8H3. The predicted octanol–water partition coefficient (Wildman–Crippen LogP) is 6.73. The normalized spacial score (nSPS) is 12.8. The highest BCUT2D eigenvalue weighted by atomic mass is 16.5. The Kier molecular flexibility index (Phi) is 10.2. The van der Waals surface area contributed by atoms with Gasteiger partial charge in [0.2, 0.25) is 0 Å². The Balaban J connectivity index is 2.87. The number of rotatable bonds is 9. The minimum absolute atomic E-state index is 0.280. The highest BCUT2D eigenvalue weighted by Gasteiger charge is 2.13. The number of hydrogen-bond acceptors (Lipinski definition) is 3. The van der Waals surface area contributed by atoms with Crippen molar-refractivity contribution in [2.45, 2.75) is 61.3 Å². The molecule has 0 aliphatic heterocycles. The van der Waals surface area contributed by atoms with Gasteiger partial charge in [-0.25, -0.2) is 4.79 Å². The fraction of sp³-hybridized carbons (Fsp3) is 0.423. The summed E-state index contributed by atoms with van der Waals surface area (Å²) in [5, 5.41) is 0. The van der Waals surface area contributed by atoms with Crippen molar-refractivity contribution in [3.8, 4) is 5.75 Å². The van der Waals surface area contributed by atoms with Crippen LogP contribution < -0.4 is 4.74 Å². The maximum atomic E-state index is 11.7. The number of methoxy groups -OCH3 is 1. The van der Waals surface area contributed by atoms with E-state index in [9.17, 15) is 4.79 Å². The van der Waals surface area contributed by atoms with Crippen LogP contribution in [-0.2, 0) is 9.53 Å². The van der Waals surface area contributed by atoms with E-state index in [2.05, 4.69) is 53.7 Å². The van der Waals surface area contributed by atoms with Crippen LogP contribution in [0, 0.1) is 27.7 Å². The molecule has 158 valence electrons. The molecule has 0 amide bonds. The number of carbonyl (C=O) groups is 1. The van der Waals surface area contributed by atoms with Crippen LogP contribution in [0.5, 0.6) is 5.75 Å². The molecule has 1 aromatic carbocycles. The van der Waals surface area contributed by atoms with Crippen LogP contribution >= 0.6 is 0 Å². The van der Waals surface area contributed by atoms with Gasteiger partial charge in [0, 0.05) is 6.08 Å². The lowest BCUT2D eigenvalue weighted by Gasteiger charge is -2.17. The molecule has 0 N–H and O–H groups in total. The third kappa shape index (κ3) is 7.41. The summed E-state index contributed by atoms with van der Waals surface area (Å²) in [6.45, 7) is 15.0. The van der Waals surface area contributed by atoms with Crippen molar-refractivity contribution in [3.05, 3.63) is 69.3 Å². The van der Waals surface area contributed by atoms with E-state index >= 15 is 0 Å². The highest BCUT2D eigenvalue weighted by Crippen LogP contribution is 2.33. The number of carbonyl (C=O) groups excluding carboxylic acids is 1. The summed E-state index contributed by atoms with van der Waals surface area (Å²) in [5.41, 5.74) is 8.09. The van der Waals surface area contributed by atoms with Gasteiger partial charge in [0.15, 0.2) is 0 Å². The van der Waals surface area contributed by atoms with Crippen LogP contribution in [0.3, 0.4) is 0 Å². The van der Waals surface area contributed by atoms with Gasteiger partial charge in [0.05, 0.1) is 13.7 Å². The largest absolute Gasteiger partial charge is 0.496 e. The van der Waals surface area contributed by atoms with Gasteiger partial charge < -0.3 is 9.47 Å². The number of allylic oxidation sites excluding steroid dienone is 6. The Labute approximate surface area is 176 Å². The van der Waals surface area contributed by atoms with Crippen LogP contribution in [0.25, 0.3) is 6.08 Å². The van der Waals surface area contributed by atoms with E-state index in [1.165, 1.54) is 33.9 Å². The lowest BCUT2D eigenvalue weighted by atomic mass is 9.92. The molecule has 3 nitrogen and oxygen atoms in total. The number of ether oxygens (including phenoxy) is 2. The summed E-state index contributed by atoms with van der Waals surface area (Å²) in [5.74, 6) is 0.695. The van der Waals surface area contributed by atoms with Crippen molar-refractivity contribution in [1.82, 2.24) is 0 Å². The van der Waals surface area contributed by atoms with E-state index in [1.54, 1.807) is 7.11 Å². The van der Waals surface area contributed by atoms with E-state index < -0.39 is 0 Å². The Morgan fingerprint density at radius 3 is 2.10 bits per heavy atom. The zero-order valence-electron chi connectivity index (χ0n) is 19.3. The van der Waals surface area contributed by atoms with Gasteiger partial charge in [-0.1, -0.05) is 49.3 Å². The molecule has 0 bridgehead atoms. The topological polar surface area (TPSA) is 35.5 Å². The molecule has 0 unspecified atom stereocenters. The molecule has 0 saturated carbocycles. The Morgan fingerprint density at radius 2 is 1.55 bits per heavy atom. The van der Waals surface area contributed by atoms with Crippen molar-refractivity contribution < 1.29 is 14.3 Å². The first-order valence-corrected chi connectivity index (χ1v) is 10.2. The van der Waals surface area contributed by atoms with Gasteiger partial charge in [-0.15, -0.1) is 0 Å². The third-order valence-electron chi connectivity index (χ3n) is 5.14. The monoisotopic (exact) mass is 396 g/mol. The van der Waals surface area contributed by atoms with Crippen molar-refractivity contribution >= 4 is 12.0 Å². The third-order valence-corrected chi connectivity index (χ3v) is 5.14. The maximum Gasteiger partial charge on any atom is 0.331 e. The Morgan fingerprint density at radius 1 is 0.931 bits per heavy atom. The zero-order valence-corrected chi connectivity index (χ0v) is 19.3. The molecule has 1 aromatic rings. The summed E-state index contributed by atoms with van der Waals surface area (Å²) >= 11 is 0. The van der Waals surface area contributed by atoms with Gasteiger partial charge in [-0.3, -0.25) is 0 Å². The van der Waals surface area contributed by atoms with Crippen LogP contribution in [0.2, 0.25) is 0 Å². The summed E-state index contributed by atoms with van der Waals surface area (Å²) in [7, 11) is 1.73. The minimum atomic E-state index is -0.280. The Hall–Kier alpha value is -2.55. The molecule has 0 fully saturated rings. The molecule has 0 aliphatic rings. The van der Waals surface area contributed by atoms with Gasteiger partial charge >= 0.3 is 5.97 Å². The van der Waals surface area contributed by atoms with Crippen molar-refractivity contribution in [1.29, 1.82) is 0 Å². The van der Waals surface area contributed by atoms with Gasteiger partial charge in [-0.2, -0.15) is 0 Å². The first-order valence-electron chi connectivity index (χ1n) is 10.2. The molecule has 0 aromatic heterocycles. The van der Waals surface area contributed by atoms with Crippen LogP contribution in [0.15, 0.2) is 41.5 Å². The minimum Gasteiger partial charge on any atom is -0.496 e. The summed E-state index contributed by atoms with van der Waals surface area (Å²) in [6, 6.07) is 0. The summed E-state index contributed by atoms with van der Waals surface area (Å²) in [4.78, 5) is 11.7. The fourth-order valence-electron chi connectivity index (χ4n) is 3.08. The number of benzene rings is 1. The van der Waals surface area contributed by atoms with Gasteiger partial charge in [0.1, 0.15) is 5.75 Å². The van der Waals surface area contributed by atoms with E-state index in [0.29, 0.717) is 6.61 Å². The second kappa shape index (κ2) is 12.1. The zero-order chi connectivity index (χ0) is 22.0. The number of hydrogen-bond donors (Lipinski definition) is 0. The average molecular weight is 397 g/mol. The molecule has 0 spiro atoms. The molecular formula is C26H36O3. The lowest BCUT2D eigenvalue weighted by molar-refractivity contribution is -0.137. The molecule has 0 atom stereocenters. The molecular weight excluding hydrogens is 360 g/mol. The van der Waals surface area contributed by atoms with E-state index in [4.69, 9.17) is 9.47 Å². The average Bonchev–Trinajstić information content (AvgIpc) is 2.67. The lowest BCUT2D eigenvalue weighted by Crippen LogP contribution is -2.02. The SMILES string of the molecule is CCCCOC(=O)C=C(C)C=CC=C(C)C=Cc1c(C)c(C)c(OC)c(C)c1C. The first kappa shape index (κ1) is 24.5. The summed E-state index contributed by atoms with van der Waals surface area (Å²) in [6.07, 6.45) is 13.6. The molecule has 1 rings (SSSR count). The first-order chi connectivity index (χ1) is 13.7. The molecule has 3 heteroatoms. The summed E-state index contributed by atoms with van der Waals surface area (Å²) < 4.78 is 10.7. The molecule has 0 heterocycles. The highest BCUT2D eigenvalue weighted by molar-refractivity contribution is 5.83. The molecule has 0 aliphatic carbocycles. The number of esters is 1. The van der Waals surface area contributed by atoms with Gasteiger partial charge in [-0.05, 0) is 81.4 Å². The van der Waals surface area contributed by atoms with Crippen LogP contribution in [0.4, 0.5) is 0 Å². The molecule has 0 saturated heterocycles. The van der Waals surface area contributed by atoms with Crippen molar-refractivity contribution in [2.24, 2.45) is 0 Å². The smallest absolute Gasteiger partial charge is 0.331 e. The van der Waals surface area contributed by atoms with E-state index in [0.717, 1.165) is 29.7 Å². The van der Waals surface area contributed by atoms with E-state index in [1.807, 2.05) is 25.2 Å². The maximum absolute atomic E-state index is 11.7. The van der Waals surface area contributed by atoms with Crippen molar-refractivity contribution in [2.75, 3.05) is 13.7 Å². The van der Waals surface area contributed by atoms with Crippen LogP contribution in [-0.4, -0.2) is 19.7 Å². The second-order valence-corrected chi connectivity index (χ2v) is 7.46. The van der Waals surface area contributed by atoms with Crippen LogP contribution in [0.1, 0.15) is 61.4 Å².